The third kappa shape index (κ3) is 2.48. The minimum atomic E-state index is -0.406. The molecule has 18 heavy (non-hydrogen) atoms. The standard InChI is InChI=1S/C12H10BrN3O2/c1-8(13)7-15-10-4-5-11(16(17)18)9-3-2-6-14-12(9)10/h2-6,15H,1,7H2. The average molecular weight is 308 g/mol. The topological polar surface area (TPSA) is 68.1 Å². The van der Waals surface area contributed by atoms with Crippen LogP contribution in [0.25, 0.3) is 10.9 Å². The number of halogens is 1. The van der Waals surface area contributed by atoms with E-state index in [0.29, 0.717) is 17.4 Å². The summed E-state index contributed by atoms with van der Waals surface area (Å²) in [6, 6.07) is 6.50. The van der Waals surface area contributed by atoms with Gasteiger partial charge < -0.3 is 5.32 Å². The fourth-order valence-electron chi connectivity index (χ4n) is 1.65. The van der Waals surface area contributed by atoms with Gasteiger partial charge in [-0.3, -0.25) is 15.1 Å². The Bertz CT molecular complexity index is 628. The van der Waals surface area contributed by atoms with E-state index in [0.717, 1.165) is 10.2 Å². The van der Waals surface area contributed by atoms with Gasteiger partial charge in [-0.05, 0) is 18.2 Å². The van der Waals surface area contributed by atoms with Crippen molar-refractivity contribution in [3.05, 3.63) is 51.6 Å². The Kier molecular flexibility index (Phi) is 3.57. The molecule has 6 heteroatoms. The summed E-state index contributed by atoms with van der Waals surface area (Å²) in [5.74, 6) is 0. The van der Waals surface area contributed by atoms with Crippen LogP contribution >= 0.6 is 15.9 Å². The molecule has 2 aromatic rings. The molecule has 0 radical (unpaired) electrons. The van der Waals surface area contributed by atoms with E-state index in [1.165, 1.54) is 6.07 Å². The van der Waals surface area contributed by atoms with Gasteiger partial charge in [0.25, 0.3) is 5.69 Å². The molecule has 0 unspecified atom stereocenters. The minimum absolute atomic E-state index is 0.0568. The lowest BCUT2D eigenvalue weighted by molar-refractivity contribution is -0.383. The second kappa shape index (κ2) is 5.14. The third-order valence-corrected chi connectivity index (χ3v) is 2.69. The molecule has 1 aromatic heterocycles. The first-order valence-corrected chi connectivity index (χ1v) is 5.98. The lowest BCUT2D eigenvalue weighted by atomic mass is 10.1. The quantitative estimate of drug-likeness (QED) is 0.693. The number of nitrogens with one attached hydrogen (secondary N) is 1. The number of non-ortho nitro benzene ring substituents is 1. The van der Waals surface area contributed by atoms with E-state index in [4.69, 9.17) is 0 Å². The van der Waals surface area contributed by atoms with Crippen molar-refractivity contribution in [1.82, 2.24) is 4.98 Å². The average Bonchev–Trinajstić information content (AvgIpc) is 2.35. The van der Waals surface area contributed by atoms with Crippen LogP contribution in [0, 0.1) is 10.1 Å². The molecule has 0 aliphatic rings. The molecule has 2 rings (SSSR count). The van der Waals surface area contributed by atoms with Crippen LogP contribution in [0.15, 0.2) is 41.5 Å². The van der Waals surface area contributed by atoms with Crippen LogP contribution in [0.5, 0.6) is 0 Å². The number of fused-ring (bicyclic) bond motifs is 1. The number of nitrogens with zero attached hydrogens (tertiary/aromatic N) is 2. The zero-order valence-corrected chi connectivity index (χ0v) is 11.0. The molecular weight excluding hydrogens is 298 g/mol. The van der Waals surface area contributed by atoms with Gasteiger partial charge in [0.05, 0.1) is 16.0 Å². The number of rotatable bonds is 4. The van der Waals surface area contributed by atoms with Crippen molar-refractivity contribution in [2.45, 2.75) is 0 Å². The maximum atomic E-state index is 10.9. The van der Waals surface area contributed by atoms with Crippen LogP contribution in [-0.4, -0.2) is 16.5 Å². The van der Waals surface area contributed by atoms with Crippen molar-refractivity contribution in [3.8, 4) is 0 Å². The summed E-state index contributed by atoms with van der Waals surface area (Å²) >= 11 is 3.25. The third-order valence-electron chi connectivity index (χ3n) is 2.41. The Hall–Kier alpha value is -1.95. The Morgan fingerprint density at radius 3 is 2.94 bits per heavy atom. The van der Waals surface area contributed by atoms with E-state index in [9.17, 15) is 10.1 Å². The highest BCUT2D eigenvalue weighted by atomic mass is 79.9. The fraction of sp³-hybridized carbons (Fsp3) is 0.0833. The van der Waals surface area contributed by atoms with Crippen LogP contribution in [0.2, 0.25) is 0 Å². The lowest BCUT2D eigenvalue weighted by Gasteiger charge is -2.08. The van der Waals surface area contributed by atoms with Crippen molar-refractivity contribution < 1.29 is 4.92 Å². The first kappa shape index (κ1) is 12.5. The molecule has 0 fully saturated rings. The van der Waals surface area contributed by atoms with E-state index >= 15 is 0 Å². The number of anilines is 1. The zero-order chi connectivity index (χ0) is 13.1. The maximum Gasteiger partial charge on any atom is 0.278 e. The zero-order valence-electron chi connectivity index (χ0n) is 9.39. The second-order valence-electron chi connectivity index (χ2n) is 3.66. The summed E-state index contributed by atoms with van der Waals surface area (Å²) < 4.78 is 0.796. The van der Waals surface area contributed by atoms with E-state index in [-0.39, 0.29) is 5.69 Å². The van der Waals surface area contributed by atoms with Crippen LogP contribution in [0.1, 0.15) is 0 Å². The van der Waals surface area contributed by atoms with Crippen molar-refractivity contribution in [2.24, 2.45) is 0 Å². The lowest BCUT2D eigenvalue weighted by Crippen LogP contribution is -2.02. The molecule has 1 N–H and O–H groups in total. The van der Waals surface area contributed by atoms with E-state index < -0.39 is 4.92 Å². The van der Waals surface area contributed by atoms with Crippen molar-refractivity contribution >= 4 is 38.2 Å². The molecule has 0 aliphatic heterocycles. The molecule has 0 saturated heterocycles. The smallest absolute Gasteiger partial charge is 0.278 e. The van der Waals surface area contributed by atoms with Crippen LogP contribution in [0.3, 0.4) is 0 Å². The molecule has 92 valence electrons. The monoisotopic (exact) mass is 307 g/mol. The van der Waals surface area contributed by atoms with Gasteiger partial charge in [-0.1, -0.05) is 22.5 Å². The maximum absolute atomic E-state index is 10.9. The van der Waals surface area contributed by atoms with Gasteiger partial charge in [-0.25, -0.2) is 0 Å². The summed E-state index contributed by atoms with van der Waals surface area (Å²) in [4.78, 5) is 14.7. The van der Waals surface area contributed by atoms with Gasteiger partial charge >= 0.3 is 0 Å². The number of aromatic nitrogens is 1. The summed E-state index contributed by atoms with van der Waals surface area (Å²) in [6.45, 7) is 4.25. The van der Waals surface area contributed by atoms with Crippen LogP contribution in [-0.2, 0) is 0 Å². The molecule has 0 saturated carbocycles. The highest BCUT2D eigenvalue weighted by Gasteiger charge is 2.14. The van der Waals surface area contributed by atoms with Crippen molar-refractivity contribution in [1.29, 1.82) is 0 Å². The number of benzene rings is 1. The molecular formula is C12H10BrN3O2. The van der Waals surface area contributed by atoms with Gasteiger partial charge in [-0.2, -0.15) is 0 Å². The molecule has 0 amide bonds. The van der Waals surface area contributed by atoms with E-state index in [1.54, 1.807) is 24.4 Å². The molecule has 0 spiro atoms. The predicted molar refractivity (Wildman–Crippen MR) is 75.0 cm³/mol. The van der Waals surface area contributed by atoms with Gasteiger partial charge in [0, 0.05) is 23.3 Å². The molecule has 0 bridgehead atoms. The van der Waals surface area contributed by atoms with Gasteiger partial charge in [0.1, 0.15) is 5.52 Å². The largest absolute Gasteiger partial charge is 0.379 e. The normalized spacial score (nSPS) is 10.3. The van der Waals surface area contributed by atoms with Gasteiger partial charge in [0.15, 0.2) is 0 Å². The van der Waals surface area contributed by atoms with Gasteiger partial charge in [0.2, 0.25) is 0 Å². The van der Waals surface area contributed by atoms with Crippen LogP contribution in [0.4, 0.5) is 11.4 Å². The summed E-state index contributed by atoms with van der Waals surface area (Å²) in [7, 11) is 0. The highest BCUT2D eigenvalue weighted by molar-refractivity contribution is 9.11. The van der Waals surface area contributed by atoms with Crippen molar-refractivity contribution in [3.63, 3.8) is 0 Å². The second-order valence-corrected chi connectivity index (χ2v) is 4.78. The predicted octanol–water partition coefficient (Wildman–Crippen LogP) is 3.46. The summed E-state index contributed by atoms with van der Waals surface area (Å²) in [5, 5.41) is 14.6. The summed E-state index contributed by atoms with van der Waals surface area (Å²) in [6.07, 6.45) is 1.61. The Balaban J connectivity index is 2.53. The number of hydrogen-bond donors (Lipinski definition) is 1. The first-order chi connectivity index (χ1) is 8.59. The molecule has 0 atom stereocenters. The van der Waals surface area contributed by atoms with Crippen LogP contribution < -0.4 is 5.32 Å². The number of pyridine rings is 1. The number of nitro benzene ring substituents is 1. The number of hydrogen-bond acceptors (Lipinski definition) is 4. The fourth-order valence-corrected chi connectivity index (χ4v) is 1.79. The van der Waals surface area contributed by atoms with Crippen molar-refractivity contribution in [2.75, 3.05) is 11.9 Å². The number of nitro groups is 1. The molecule has 5 nitrogen and oxygen atoms in total. The molecule has 1 heterocycles. The molecule has 1 aromatic carbocycles. The molecule has 0 aliphatic carbocycles. The van der Waals surface area contributed by atoms with Gasteiger partial charge in [-0.15, -0.1) is 0 Å². The summed E-state index contributed by atoms with van der Waals surface area (Å²) in [5.41, 5.74) is 1.39. The SMILES string of the molecule is C=C(Br)CNc1ccc([N+](=O)[O-])c2cccnc12. The Labute approximate surface area is 112 Å². The van der Waals surface area contributed by atoms with E-state index in [1.807, 2.05) is 0 Å². The highest BCUT2D eigenvalue weighted by Crippen LogP contribution is 2.29. The minimum Gasteiger partial charge on any atom is -0.379 e. The Morgan fingerprint density at radius 1 is 1.50 bits per heavy atom. The Morgan fingerprint density at radius 2 is 2.28 bits per heavy atom. The van der Waals surface area contributed by atoms with E-state index in [2.05, 4.69) is 32.8 Å². The first-order valence-electron chi connectivity index (χ1n) is 5.19.